The van der Waals surface area contributed by atoms with E-state index in [1.54, 1.807) is 18.2 Å². The second-order valence-corrected chi connectivity index (χ2v) is 5.30. The predicted octanol–water partition coefficient (Wildman–Crippen LogP) is 3.74. The highest BCUT2D eigenvalue weighted by Gasteiger charge is 2.15. The Balaban J connectivity index is 2.03. The van der Waals surface area contributed by atoms with E-state index in [4.69, 9.17) is 4.74 Å². The van der Waals surface area contributed by atoms with Crippen molar-refractivity contribution in [2.24, 2.45) is 0 Å². The molecule has 0 spiro atoms. The summed E-state index contributed by atoms with van der Waals surface area (Å²) in [5, 5.41) is 13.4. The van der Waals surface area contributed by atoms with Crippen LogP contribution in [0.25, 0.3) is 0 Å². The molecule has 0 fully saturated rings. The van der Waals surface area contributed by atoms with Gasteiger partial charge in [0, 0.05) is 6.07 Å². The summed E-state index contributed by atoms with van der Waals surface area (Å²) >= 11 is 0. The molecule has 23 heavy (non-hydrogen) atoms. The van der Waals surface area contributed by atoms with E-state index in [1.807, 2.05) is 32.0 Å². The SMILES string of the molecule is CC(C)c1ccccc1OCC(=O)Nc1ccccc1[N+](=O)[O-]. The van der Waals surface area contributed by atoms with E-state index in [0.717, 1.165) is 5.56 Å². The van der Waals surface area contributed by atoms with Gasteiger partial charge in [0.05, 0.1) is 4.92 Å². The third kappa shape index (κ3) is 4.29. The maximum Gasteiger partial charge on any atom is 0.292 e. The van der Waals surface area contributed by atoms with Crippen LogP contribution in [0.4, 0.5) is 11.4 Å². The number of hydrogen-bond donors (Lipinski definition) is 1. The van der Waals surface area contributed by atoms with Crippen LogP contribution in [-0.2, 0) is 4.79 Å². The molecule has 6 heteroatoms. The molecule has 0 heterocycles. The third-order valence-electron chi connectivity index (χ3n) is 3.27. The number of nitrogens with one attached hydrogen (secondary N) is 1. The summed E-state index contributed by atoms with van der Waals surface area (Å²) in [5.74, 6) is 0.461. The lowest BCUT2D eigenvalue weighted by atomic mass is 10.0. The molecule has 0 unspecified atom stereocenters. The lowest BCUT2D eigenvalue weighted by Crippen LogP contribution is -2.21. The Labute approximate surface area is 134 Å². The van der Waals surface area contributed by atoms with Gasteiger partial charge in [0.1, 0.15) is 11.4 Å². The Hall–Kier alpha value is -2.89. The van der Waals surface area contributed by atoms with Crippen molar-refractivity contribution in [1.29, 1.82) is 0 Å². The first kappa shape index (κ1) is 16.5. The molecule has 0 radical (unpaired) electrons. The molecule has 0 saturated carbocycles. The number of hydrogen-bond acceptors (Lipinski definition) is 4. The Morgan fingerprint density at radius 1 is 1.17 bits per heavy atom. The fraction of sp³-hybridized carbons (Fsp3) is 0.235. The van der Waals surface area contributed by atoms with Crippen LogP contribution < -0.4 is 10.1 Å². The minimum atomic E-state index is -0.537. The molecule has 0 aliphatic heterocycles. The maximum atomic E-state index is 12.0. The monoisotopic (exact) mass is 314 g/mol. The minimum absolute atomic E-state index is 0.150. The van der Waals surface area contributed by atoms with Crippen molar-refractivity contribution >= 4 is 17.3 Å². The molecule has 2 aromatic carbocycles. The molecule has 6 nitrogen and oxygen atoms in total. The maximum absolute atomic E-state index is 12.0. The number of benzene rings is 2. The Kier molecular flexibility index (Phi) is 5.30. The lowest BCUT2D eigenvalue weighted by molar-refractivity contribution is -0.383. The zero-order valence-corrected chi connectivity index (χ0v) is 13.0. The average Bonchev–Trinajstić information content (AvgIpc) is 2.53. The van der Waals surface area contributed by atoms with Crippen molar-refractivity contribution in [3.8, 4) is 5.75 Å². The van der Waals surface area contributed by atoms with Crippen molar-refractivity contribution in [2.75, 3.05) is 11.9 Å². The molecule has 0 aliphatic carbocycles. The summed E-state index contributed by atoms with van der Waals surface area (Å²) in [4.78, 5) is 22.4. The normalized spacial score (nSPS) is 10.4. The molecule has 0 bridgehead atoms. The van der Waals surface area contributed by atoms with Crippen LogP contribution in [0, 0.1) is 10.1 Å². The first-order chi connectivity index (χ1) is 11.0. The number of carbonyl (C=O) groups excluding carboxylic acids is 1. The zero-order chi connectivity index (χ0) is 16.8. The minimum Gasteiger partial charge on any atom is -0.483 e. The van der Waals surface area contributed by atoms with Gasteiger partial charge in [-0.3, -0.25) is 14.9 Å². The highest BCUT2D eigenvalue weighted by Crippen LogP contribution is 2.26. The van der Waals surface area contributed by atoms with Crippen LogP contribution in [0.2, 0.25) is 0 Å². The molecule has 0 saturated heterocycles. The fourth-order valence-corrected chi connectivity index (χ4v) is 2.16. The first-order valence-electron chi connectivity index (χ1n) is 7.24. The Morgan fingerprint density at radius 2 is 1.83 bits per heavy atom. The van der Waals surface area contributed by atoms with Gasteiger partial charge >= 0.3 is 0 Å². The van der Waals surface area contributed by atoms with Crippen LogP contribution in [-0.4, -0.2) is 17.4 Å². The Bertz CT molecular complexity index is 713. The van der Waals surface area contributed by atoms with Gasteiger partial charge in [0.15, 0.2) is 6.61 Å². The summed E-state index contributed by atoms with van der Waals surface area (Å²) in [6, 6.07) is 13.5. The molecular weight excluding hydrogens is 296 g/mol. The summed E-state index contributed by atoms with van der Waals surface area (Å²) < 4.78 is 5.55. The van der Waals surface area contributed by atoms with Gasteiger partial charge in [0.2, 0.25) is 0 Å². The number of anilines is 1. The summed E-state index contributed by atoms with van der Waals surface area (Å²) in [5.41, 5.74) is 1.01. The van der Waals surface area contributed by atoms with Gasteiger partial charge in [-0.15, -0.1) is 0 Å². The molecule has 0 aromatic heterocycles. The predicted molar refractivity (Wildman–Crippen MR) is 87.8 cm³/mol. The smallest absolute Gasteiger partial charge is 0.292 e. The average molecular weight is 314 g/mol. The molecule has 1 N–H and O–H groups in total. The topological polar surface area (TPSA) is 81.5 Å². The molecule has 2 aromatic rings. The van der Waals surface area contributed by atoms with Crippen LogP contribution in [0.1, 0.15) is 25.3 Å². The number of carbonyl (C=O) groups is 1. The van der Waals surface area contributed by atoms with Gasteiger partial charge < -0.3 is 10.1 Å². The quantitative estimate of drug-likeness (QED) is 0.650. The number of nitrogens with zero attached hydrogens (tertiary/aromatic N) is 1. The number of nitro groups is 1. The highest BCUT2D eigenvalue weighted by atomic mass is 16.6. The molecular formula is C17H18N2O4. The number of nitro benzene ring substituents is 1. The second kappa shape index (κ2) is 7.40. The van der Waals surface area contributed by atoms with E-state index in [9.17, 15) is 14.9 Å². The summed E-state index contributed by atoms with van der Waals surface area (Å²) in [7, 11) is 0. The number of rotatable bonds is 6. The van der Waals surface area contributed by atoms with Gasteiger partial charge in [-0.25, -0.2) is 0 Å². The molecule has 0 atom stereocenters. The van der Waals surface area contributed by atoms with Gasteiger partial charge in [0.25, 0.3) is 11.6 Å². The van der Waals surface area contributed by atoms with E-state index >= 15 is 0 Å². The zero-order valence-electron chi connectivity index (χ0n) is 13.0. The highest BCUT2D eigenvalue weighted by molar-refractivity contribution is 5.94. The fourth-order valence-electron chi connectivity index (χ4n) is 2.16. The number of amides is 1. The second-order valence-electron chi connectivity index (χ2n) is 5.30. The van der Waals surface area contributed by atoms with Crippen LogP contribution in [0.3, 0.4) is 0 Å². The van der Waals surface area contributed by atoms with Crippen molar-refractivity contribution in [3.05, 3.63) is 64.2 Å². The lowest BCUT2D eigenvalue weighted by Gasteiger charge is -2.13. The van der Waals surface area contributed by atoms with E-state index < -0.39 is 10.8 Å². The van der Waals surface area contributed by atoms with Gasteiger partial charge in [-0.05, 0) is 23.6 Å². The molecule has 0 aliphatic rings. The Morgan fingerprint density at radius 3 is 2.52 bits per heavy atom. The number of ether oxygens (including phenoxy) is 1. The van der Waals surface area contributed by atoms with E-state index in [-0.39, 0.29) is 23.9 Å². The standard InChI is InChI=1S/C17H18N2O4/c1-12(2)13-7-3-6-10-16(13)23-11-17(20)18-14-8-4-5-9-15(14)19(21)22/h3-10,12H,11H2,1-2H3,(H,18,20). The first-order valence-corrected chi connectivity index (χ1v) is 7.24. The van der Waals surface area contributed by atoms with Crippen molar-refractivity contribution < 1.29 is 14.5 Å². The third-order valence-corrected chi connectivity index (χ3v) is 3.27. The van der Waals surface area contributed by atoms with Crippen molar-refractivity contribution in [2.45, 2.75) is 19.8 Å². The van der Waals surface area contributed by atoms with Crippen molar-refractivity contribution in [1.82, 2.24) is 0 Å². The van der Waals surface area contributed by atoms with E-state index in [0.29, 0.717) is 5.75 Å². The largest absolute Gasteiger partial charge is 0.483 e. The summed E-state index contributed by atoms with van der Waals surface area (Å²) in [6.07, 6.45) is 0. The molecule has 2 rings (SSSR count). The van der Waals surface area contributed by atoms with Crippen LogP contribution in [0.15, 0.2) is 48.5 Å². The van der Waals surface area contributed by atoms with E-state index in [2.05, 4.69) is 5.32 Å². The molecule has 120 valence electrons. The van der Waals surface area contributed by atoms with Crippen LogP contribution >= 0.6 is 0 Å². The van der Waals surface area contributed by atoms with Crippen LogP contribution in [0.5, 0.6) is 5.75 Å². The van der Waals surface area contributed by atoms with Gasteiger partial charge in [-0.1, -0.05) is 44.2 Å². The van der Waals surface area contributed by atoms with E-state index in [1.165, 1.54) is 12.1 Å². The van der Waals surface area contributed by atoms with Crippen molar-refractivity contribution in [3.63, 3.8) is 0 Å². The van der Waals surface area contributed by atoms with Gasteiger partial charge in [-0.2, -0.15) is 0 Å². The summed E-state index contributed by atoms with van der Waals surface area (Å²) in [6.45, 7) is 3.86. The molecule has 1 amide bonds. The number of para-hydroxylation sites is 3.